The average molecular weight is 352 g/mol. The Morgan fingerprint density at radius 1 is 1.15 bits per heavy atom. The second-order valence-electron chi connectivity index (χ2n) is 7.14. The number of carbonyl (C=O) groups excluding carboxylic acids is 1. The van der Waals surface area contributed by atoms with Crippen molar-refractivity contribution in [3.05, 3.63) is 59.4 Å². The largest absolute Gasteiger partial charge is 0.335 e. The first kappa shape index (κ1) is 18.4. The molecule has 1 fully saturated rings. The monoisotopic (exact) mass is 352 g/mol. The van der Waals surface area contributed by atoms with Gasteiger partial charge in [-0.3, -0.25) is 14.4 Å². The van der Waals surface area contributed by atoms with E-state index < -0.39 is 0 Å². The highest BCUT2D eigenvalue weighted by Gasteiger charge is 2.24. The van der Waals surface area contributed by atoms with Gasteiger partial charge in [0.05, 0.1) is 0 Å². The Bertz CT molecular complexity index is 756. The topological polar surface area (TPSA) is 41.4 Å². The summed E-state index contributed by atoms with van der Waals surface area (Å²) in [5, 5.41) is 4.41. The quantitative estimate of drug-likeness (QED) is 0.831. The van der Waals surface area contributed by atoms with Gasteiger partial charge in [0, 0.05) is 45.5 Å². The van der Waals surface area contributed by atoms with Gasteiger partial charge in [0.2, 0.25) is 0 Å². The first-order valence-electron chi connectivity index (χ1n) is 9.31. The summed E-state index contributed by atoms with van der Waals surface area (Å²) >= 11 is 0. The molecule has 3 rings (SSSR count). The fraction of sp³-hybridized carbons (Fsp3) is 0.429. The van der Waals surface area contributed by atoms with Crippen LogP contribution in [0.15, 0.2) is 42.5 Å². The minimum Gasteiger partial charge on any atom is -0.335 e. The van der Waals surface area contributed by atoms with E-state index in [-0.39, 0.29) is 5.91 Å². The molecule has 26 heavy (non-hydrogen) atoms. The van der Waals surface area contributed by atoms with Crippen molar-refractivity contribution in [1.29, 1.82) is 0 Å². The van der Waals surface area contributed by atoms with E-state index in [0.717, 1.165) is 38.4 Å². The van der Waals surface area contributed by atoms with E-state index in [4.69, 9.17) is 0 Å². The molecule has 1 aliphatic rings. The molecule has 2 aromatic rings. The number of piperazine rings is 1. The molecule has 0 spiro atoms. The van der Waals surface area contributed by atoms with Gasteiger partial charge in [-0.05, 0) is 17.5 Å². The molecule has 2 heterocycles. The van der Waals surface area contributed by atoms with Crippen LogP contribution in [0.4, 0.5) is 0 Å². The molecule has 0 atom stereocenters. The minimum absolute atomic E-state index is 0.0481. The summed E-state index contributed by atoms with van der Waals surface area (Å²) in [6, 6.07) is 12.3. The molecule has 0 unspecified atom stereocenters. The number of hydrogen-bond donors (Lipinski definition) is 0. The third kappa shape index (κ3) is 4.41. The van der Waals surface area contributed by atoms with Gasteiger partial charge in [0.15, 0.2) is 5.69 Å². The molecule has 1 aliphatic heterocycles. The highest BCUT2D eigenvalue weighted by Crippen LogP contribution is 2.16. The van der Waals surface area contributed by atoms with Crippen molar-refractivity contribution in [2.24, 2.45) is 7.05 Å². The predicted molar refractivity (Wildman–Crippen MR) is 105 cm³/mol. The fourth-order valence-electron chi connectivity index (χ4n) is 3.32. The normalized spacial score (nSPS) is 15.9. The van der Waals surface area contributed by atoms with E-state index in [2.05, 4.69) is 48.1 Å². The number of nitrogens with zero attached hydrogens (tertiary/aromatic N) is 4. The Kier molecular flexibility index (Phi) is 5.89. The summed E-state index contributed by atoms with van der Waals surface area (Å²) in [7, 11) is 1.91. The zero-order chi connectivity index (χ0) is 18.5. The van der Waals surface area contributed by atoms with Gasteiger partial charge in [-0.15, -0.1) is 0 Å². The number of aryl methyl sites for hydroxylation is 1. The Balaban J connectivity index is 1.51. The molecule has 0 aliphatic carbocycles. The number of amides is 1. The molecule has 0 saturated carbocycles. The zero-order valence-electron chi connectivity index (χ0n) is 15.9. The zero-order valence-corrected chi connectivity index (χ0v) is 15.9. The lowest BCUT2D eigenvalue weighted by molar-refractivity contribution is 0.0643. The maximum absolute atomic E-state index is 12.7. The summed E-state index contributed by atoms with van der Waals surface area (Å²) < 4.78 is 1.82. The van der Waals surface area contributed by atoms with Gasteiger partial charge < -0.3 is 4.90 Å². The molecule has 5 nitrogen and oxygen atoms in total. The fourth-order valence-corrected chi connectivity index (χ4v) is 3.32. The smallest absolute Gasteiger partial charge is 0.274 e. The summed E-state index contributed by atoms with van der Waals surface area (Å²) in [4.78, 5) is 17.0. The SMILES string of the molecule is CC(C)c1cc(C(=O)N2CCN(C/C=C/c3ccccc3)CC2)nn1C. The minimum atomic E-state index is 0.0481. The number of benzene rings is 1. The van der Waals surface area contributed by atoms with Crippen LogP contribution in [0.5, 0.6) is 0 Å². The number of hydrogen-bond acceptors (Lipinski definition) is 3. The molecular formula is C21H28N4O. The van der Waals surface area contributed by atoms with Crippen molar-refractivity contribution in [2.75, 3.05) is 32.7 Å². The Morgan fingerprint density at radius 3 is 2.46 bits per heavy atom. The highest BCUT2D eigenvalue weighted by molar-refractivity contribution is 5.92. The van der Waals surface area contributed by atoms with E-state index >= 15 is 0 Å². The van der Waals surface area contributed by atoms with Crippen molar-refractivity contribution in [1.82, 2.24) is 19.6 Å². The molecular weight excluding hydrogens is 324 g/mol. The van der Waals surface area contributed by atoms with Crippen LogP contribution in [0.1, 0.15) is 41.5 Å². The van der Waals surface area contributed by atoms with Crippen LogP contribution in [0.3, 0.4) is 0 Å². The number of rotatable bonds is 5. The Hall–Kier alpha value is -2.40. The third-order valence-electron chi connectivity index (χ3n) is 4.86. The molecule has 0 N–H and O–H groups in total. The van der Waals surface area contributed by atoms with Gasteiger partial charge in [-0.2, -0.15) is 5.10 Å². The lowest BCUT2D eigenvalue weighted by Gasteiger charge is -2.33. The van der Waals surface area contributed by atoms with Crippen molar-refractivity contribution in [3.8, 4) is 0 Å². The van der Waals surface area contributed by atoms with Crippen molar-refractivity contribution >= 4 is 12.0 Å². The number of aromatic nitrogens is 2. The Labute approximate surface area is 155 Å². The standard InChI is InChI=1S/C21H28N4O/c1-17(2)20-16-19(22-23(20)3)21(26)25-14-12-24(13-15-25)11-7-10-18-8-5-4-6-9-18/h4-10,16-17H,11-15H2,1-3H3/b10-7+. The molecule has 1 aromatic heterocycles. The summed E-state index contributed by atoms with van der Waals surface area (Å²) in [5.41, 5.74) is 2.88. The first-order valence-corrected chi connectivity index (χ1v) is 9.31. The van der Waals surface area contributed by atoms with Crippen LogP contribution in [0, 0.1) is 0 Å². The molecule has 5 heteroatoms. The van der Waals surface area contributed by atoms with Crippen LogP contribution in [-0.2, 0) is 7.05 Å². The summed E-state index contributed by atoms with van der Waals surface area (Å²) in [6.07, 6.45) is 4.35. The van der Waals surface area contributed by atoms with Crippen LogP contribution in [0.25, 0.3) is 6.08 Å². The summed E-state index contributed by atoms with van der Waals surface area (Å²) in [6.45, 7) is 8.46. The second kappa shape index (κ2) is 8.32. The van der Waals surface area contributed by atoms with Crippen LogP contribution in [-0.4, -0.2) is 58.2 Å². The van der Waals surface area contributed by atoms with E-state index in [0.29, 0.717) is 11.6 Å². The molecule has 1 aromatic carbocycles. The van der Waals surface area contributed by atoms with Gasteiger partial charge in [0.25, 0.3) is 5.91 Å². The van der Waals surface area contributed by atoms with Gasteiger partial charge in [-0.25, -0.2) is 0 Å². The average Bonchev–Trinajstić information content (AvgIpc) is 3.05. The van der Waals surface area contributed by atoms with E-state index in [1.807, 2.05) is 40.9 Å². The van der Waals surface area contributed by atoms with Crippen molar-refractivity contribution in [3.63, 3.8) is 0 Å². The first-order chi connectivity index (χ1) is 12.5. The van der Waals surface area contributed by atoms with Crippen LogP contribution in [0.2, 0.25) is 0 Å². The number of carbonyl (C=O) groups is 1. The van der Waals surface area contributed by atoms with Crippen molar-refractivity contribution < 1.29 is 4.79 Å². The maximum atomic E-state index is 12.7. The maximum Gasteiger partial charge on any atom is 0.274 e. The van der Waals surface area contributed by atoms with Crippen LogP contribution >= 0.6 is 0 Å². The highest BCUT2D eigenvalue weighted by atomic mass is 16.2. The molecule has 0 bridgehead atoms. The lowest BCUT2D eigenvalue weighted by atomic mass is 10.1. The van der Waals surface area contributed by atoms with Gasteiger partial charge >= 0.3 is 0 Å². The summed E-state index contributed by atoms with van der Waals surface area (Å²) in [5.74, 6) is 0.411. The molecule has 0 radical (unpaired) electrons. The van der Waals surface area contributed by atoms with E-state index in [9.17, 15) is 4.79 Å². The molecule has 1 saturated heterocycles. The van der Waals surface area contributed by atoms with Crippen LogP contribution < -0.4 is 0 Å². The molecule has 138 valence electrons. The van der Waals surface area contributed by atoms with Gasteiger partial charge in [-0.1, -0.05) is 56.3 Å². The van der Waals surface area contributed by atoms with Gasteiger partial charge in [0.1, 0.15) is 0 Å². The Morgan fingerprint density at radius 2 is 1.85 bits per heavy atom. The van der Waals surface area contributed by atoms with E-state index in [1.165, 1.54) is 5.56 Å². The van der Waals surface area contributed by atoms with Crippen molar-refractivity contribution in [2.45, 2.75) is 19.8 Å². The second-order valence-corrected chi connectivity index (χ2v) is 7.14. The predicted octanol–water partition coefficient (Wildman–Crippen LogP) is 3.01. The van der Waals surface area contributed by atoms with E-state index in [1.54, 1.807) is 0 Å². The molecule has 1 amide bonds. The lowest BCUT2D eigenvalue weighted by Crippen LogP contribution is -2.48. The third-order valence-corrected chi connectivity index (χ3v) is 4.86.